The number of rotatable bonds is 11. The Labute approximate surface area is 229 Å². The van der Waals surface area contributed by atoms with Crippen molar-refractivity contribution in [1.29, 1.82) is 0 Å². The van der Waals surface area contributed by atoms with Gasteiger partial charge < -0.3 is 29.8 Å². The summed E-state index contributed by atoms with van der Waals surface area (Å²) in [6.45, 7) is 2.60. The largest absolute Gasteiger partial charge is 0.480 e. The average Bonchev–Trinajstić information content (AvgIpc) is 2.94. The van der Waals surface area contributed by atoms with E-state index < -0.39 is 48.1 Å². The van der Waals surface area contributed by atoms with Crippen LogP contribution in [-0.2, 0) is 30.3 Å². The molecular formula is C29H27NO10. The van der Waals surface area contributed by atoms with Crippen molar-refractivity contribution in [2.24, 2.45) is 5.73 Å². The normalized spacial score (nSPS) is 12.8. The Morgan fingerprint density at radius 2 is 1.15 bits per heavy atom. The number of nitrogens with two attached hydrogens (primary N) is 1. The Balaban J connectivity index is 1.76. The zero-order valence-corrected chi connectivity index (χ0v) is 21.6. The van der Waals surface area contributed by atoms with E-state index in [1.54, 1.807) is 36.4 Å². The van der Waals surface area contributed by atoms with Gasteiger partial charge in [0, 0.05) is 0 Å². The minimum Gasteiger partial charge on any atom is -0.480 e. The lowest BCUT2D eigenvalue weighted by atomic mass is 10.1. The quantitative estimate of drug-likeness (QED) is 0.266. The van der Waals surface area contributed by atoms with Gasteiger partial charge in [-0.25, -0.2) is 19.2 Å². The number of hydrogen-bond acceptors (Lipinski definition) is 10. The van der Waals surface area contributed by atoms with Crippen molar-refractivity contribution in [3.8, 4) is 11.5 Å². The summed E-state index contributed by atoms with van der Waals surface area (Å²) in [5.74, 6) is -5.21. The predicted octanol–water partition coefficient (Wildman–Crippen LogP) is 2.94. The number of hydrogen-bond donors (Lipinski definition) is 2. The van der Waals surface area contributed by atoms with Crippen molar-refractivity contribution >= 4 is 29.8 Å². The summed E-state index contributed by atoms with van der Waals surface area (Å²) in [6.07, 6.45) is -2.81. The molecule has 0 fully saturated rings. The smallest absolute Gasteiger partial charge is 0.352 e. The zero-order valence-electron chi connectivity index (χ0n) is 21.6. The Kier molecular flexibility index (Phi) is 10.1. The second kappa shape index (κ2) is 13.7. The van der Waals surface area contributed by atoms with Crippen LogP contribution in [0.2, 0.25) is 0 Å². The minimum atomic E-state index is -1.35. The summed E-state index contributed by atoms with van der Waals surface area (Å²) in [7, 11) is 0. The number of aliphatic carboxylic acids is 1. The highest BCUT2D eigenvalue weighted by molar-refractivity contribution is 5.92. The van der Waals surface area contributed by atoms with Crippen LogP contribution in [0.25, 0.3) is 0 Å². The molecule has 3 aromatic carbocycles. The number of ether oxygens (including phenoxy) is 4. The molecule has 0 unspecified atom stereocenters. The summed E-state index contributed by atoms with van der Waals surface area (Å²) < 4.78 is 21.0. The standard InChI is InChI=1S/C29H27NO10/c1-17(37-28(35)20-9-5-3-6-10-20)26(33)39-23-14-13-19(15-22(30)25(31)32)16-24(23)40-27(34)18(2)38-29(36)21-11-7-4-8-12-21/h3-14,16-18,22H,15,30H2,1-2H3,(H,31,32)/t17-,18-,22+/m1/s1. The molecule has 0 heterocycles. The summed E-state index contributed by atoms with van der Waals surface area (Å²) in [5.41, 5.74) is 6.42. The molecule has 3 aromatic rings. The maximum Gasteiger partial charge on any atom is 0.352 e. The van der Waals surface area contributed by atoms with E-state index in [-0.39, 0.29) is 29.0 Å². The number of carboxylic acids is 1. The molecule has 3 rings (SSSR count). The second-order valence-corrected chi connectivity index (χ2v) is 8.60. The van der Waals surface area contributed by atoms with Crippen molar-refractivity contribution in [3.05, 3.63) is 95.6 Å². The van der Waals surface area contributed by atoms with E-state index in [2.05, 4.69) is 0 Å². The Bertz CT molecular complexity index is 1370. The van der Waals surface area contributed by atoms with E-state index in [9.17, 15) is 24.0 Å². The molecule has 0 aliphatic carbocycles. The molecule has 0 saturated carbocycles. The van der Waals surface area contributed by atoms with Gasteiger partial charge in [0.2, 0.25) is 0 Å². The molecule has 3 atom stereocenters. The van der Waals surface area contributed by atoms with Gasteiger partial charge in [-0.15, -0.1) is 0 Å². The molecule has 11 nitrogen and oxygen atoms in total. The van der Waals surface area contributed by atoms with Gasteiger partial charge in [-0.1, -0.05) is 42.5 Å². The van der Waals surface area contributed by atoms with E-state index in [0.29, 0.717) is 5.56 Å². The van der Waals surface area contributed by atoms with Crippen LogP contribution in [0.15, 0.2) is 78.9 Å². The molecule has 0 bridgehead atoms. The van der Waals surface area contributed by atoms with E-state index in [1.807, 2.05) is 0 Å². The van der Waals surface area contributed by atoms with Crippen LogP contribution in [-0.4, -0.2) is 53.2 Å². The predicted molar refractivity (Wildman–Crippen MR) is 140 cm³/mol. The van der Waals surface area contributed by atoms with Gasteiger partial charge in [-0.3, -0.25) is 4.79 Å². The summed E-state index contributed by atoms with van der Waals surface area (Å²) in [6, 6.07) is 18.8. The van der Waals surface area contributed by atoms with E-state index in [4.69, 9.17) is 29.8 Å². The second-order valence-electron chi connectivity index (χ2n) is 8.60. The van der Waals surface area contributed by atoms with Crippen LogP contribution in [0.1, 0.15) is 40.1 Å². The molecule has 208 valence electrons. The summed E-state index contributed by atoms with van der Waals surface area (Å²) in [4.78, 5) is 61.3. The molecular weight excluding hydrogens is 522 g/mol. The lowest BCUT2D eigenvalue weighted by Crippen LogP contribution is -2.32. The lowest BCUT2D eigenvalue weighted by Gasteiger charge is -2.17. The van der Waals surface area contributed by atoms with Crippen molar-refractivity contribution < 1.29 is 48.0 Å². The highest BCUT2D eigenvalue weighted by atomic mass is 16.6. The Morgan fingerprint density at radius 3 is 1.60 bits per heavy atom. The molecule has 0 amide bonds. The first-order valence-electron chi connectivity index (χ1n) is 12.1. The van der Waals surface area contributed by atoms with Gasteiger partial charge in [0.25, 0.3) is 0 Å². The monoisotopic (exact) mass is 549 g/mol. The van der Waals surface area contributed by atoms with E-state index >= 15 is 0 Å². The van der Waals surface area contributed by atoms with Gasteiger partial charge in [-0.05, 0) is 62.2 Å². The highest BCUT2D eigenvalue weighted by Crippen LogP contribution is 2.30. The van der Waals surface area contributed by atoms with Gasteiger partial charge in [0.15, 0.2) is 23.7 Å². The van der Waals surface area contributed by atoms with Crippen LogP contribution < -0.4 is 15.2 Å². The van der Waals surface area contributed by atoms with Crippen LogP contribution in [0.4, 0.5) is 0 Å². The molecule has 0 radical (unpaired) electrons. The van der Waals surface area contributed by atoms with Crippen LogP contribution >= 0.6 is 0 Å². The average molecular weight is 550 g/mol. The van der Waals surface area contributed by atoms with Crippen molar-refractivity contribution in [1.82, 2.24) is 0 Å². The number of carboxylic acid groups (broad SMARTS) is 1. The number of carbonyl (C=O) groups is 5. The molecule has 0 aliphatic heterocycles. The third kappa shape index (κ3) is 8.23. The van der Waals surface area contributed by atoms with Crippen LogP contribution in [0.5, 0.6) is 11.5 Å². The van der Waals surface area contributed by atoms with Gasteiger partial charge in [-0.2, -0.15) is 0 Å². The number of carbonyl (C=O) groups excluding carboxylic acids is 4. The van der Waals surface area contributed by atoms with Gasteiger partial charge in [0.05, 0.1) is 11.1 Å². The third-order valence-electron chi connectivity index (χ3n) is 5.45. The third-order valence-corrected chi connectivity index (χ3v) is 5.45. The molecule has 0 aliphatic rings. The minimum absolute atomic E-state index is 0.127. The molecule has 11 heteroatoms. The fourth-order valence-electron chi connectivity index (χ4n) is 3.27. The van der Waals surface area contributed by atoms with Crippen molar-refractivity contribution in [2.75, 3.05) is 0 Å². The van der Waals surface area contributed by atoms with Crippen LogP contribution in [0.3, 0.4) is 0 Å². The zero-order chi connectivity index (χ0) is 29.2. The lowest BCUT2D eigenvalue weighted by molar-refractivity contribution is -0.145. The molecule has 3 N–H and O–H groups in total. The van der Waals surface area contributed by atoms with Gasteiger partial charge >= 0.3 is 29.8 Å². The first kappa shape index (κ1) is 29.5. The molecule has 0 aromatic heterocycles. The highest BCUT2D eigenvalue weighted by Gasteiger charge is 2.26. The maximum absolute atomic E-state index is 12.8. The number of benzene rings is 3. The number of esters is 4. The van der Waals surface area contributed by atoms with Crippen LogP contribution in [0, 0.1) is 0 Å². The SMILES string of the molecule is C[C@@H](OC(=O)c1ccccc1)C(=O)Oc1ccc(C[C@H](N)C(=O)O)cc1OC(=O)[C@@H](C)OC(=O)c1ccccc1. The Hall–Kier alpha value is -5.03. The first-order chi connectivity index (χ1) is 19.0. The molecule has 0 spiro atoms. The van der Waals surface area contributed by atoms with E-state index in [1.165, 1.54) is 56.3 Å². The first-order valence-corrected chi connectivity index (χ1v) is 12.1. The topological polar surface area (TPSA) is 169 Å². The molecule has 40 heavy (non-hydrogen) atoms. The maximum atomic E-state index is 12.8. The van der Waals surface area contributed by atoms with E-state index in [0.717, 1.165) is 0 Å². The molecule has 0 saturated heterocycles. The van der Waals surface area contributed by atoms with Crippen molar-refractivity contribution in [2.45, 2.75) is 38.5 Å². The van der Waals surface area contributed by atoms with Gasteiger partial charge in [0.1, 0.15) is 6.04 Å². The summed E-state index contributed by atoms with van der Waals surface area (Å²) in [5, 5.41) is 9.13. The fourth-order valence-corrected chi connectivity index (χ4v) is 3.27. The van der Waals surface area contributed by atoms with Crippen molar-refractivity contribution in [3.63, 3.8) is 0 Å². The fraction of sp³-hybridized carbons (Fsp3) is 0.207. The Morgan fingerprint density at radius 1 is 0.700 bits per heavy atom. The summed E-state index contributed by atoms with van der Waals surface area (Å²) >= 11 is 0.